The summed E-state index contributed by atoms with van der Waals surface area (Å²) < 4.78 is 7.76. The Morgan fingerprint density at radius 2 is 1.68 bits per heavy atom. The molecule has 1 saturated carbocycles. The van der Waals surface area contributed by atoms with Crippen LogP contribution >= 0.6 is 0 Å². The van der Waals surface area contributed by atoms with Gasteiger partial charge in [0.1, 0.15) is 23.0 Å². The van der Waals surface area contributed by atoms with Crippen LogP contribution in [-0.4, -0.2) is 20.5 Å². The molecule has 0 aliphatic heterocycles. The van der Waals surface area contributed by atoms with Crippen LogP contribution in [-0.2, 0) is 4.79 Å². The molecule has 1 fully saturated rings. The minimum atomic E-state index is 0.0769. The van der Waals surface area contributed by atoms with Gasteiger partial charge in [-0.2, -0.15) is 5.10 Å². The lowest BCUT2D eigenvalue weighted by Gasteiger charge is -2.24. The van der Waals surface area contributed by atoms with Crippen LogP contribution in [0.3, 0.4) is 0 Å². The van der Waals surface area contributed by atoms with Crippen molar-refractivity contribution in [3.8, 4) is 22.8 Å². The van der Waals surface area contributed by atoms with Crippen LogP contribution in [0.15, 0.2) is 67.0 Å². The van der Waals surface area contributed by atoms with E-state index >= 15 is 0 Å². The molecule has 1 aliphatic carbocycles. The monoisotopic (exact) mass is 370 g/mol. The first kappa shape index (κ1) is 16.5. The number of hydrogen-bond donors (Lipinski definition) is 1. The van der Waals surface area contributed by atoms with Crippen LogP contribution in [0.1, 0.15) is 18.9 Å². The van der Waals surface area contributed by atoms with Crippen molar-refractivity contribution in [3.63, 3.8) is 0 Å². The predicted molar refractivity (Wildman–Crippen MR) is 107 cm³/mol. The molecule has 0 bridgehead atoms. The van der Waals surface area contributed by atoms with Gasteiger partial charge in [0.05, 0.1) is 35.0 Å². The molecule has 2 N–H and O–H groups in total. The number of aromatic nitrogens is 3. The Bertz CT molecular complexity index is 1160. The van der Waals surface area contributed by atoms with Crippen molar-refractivity contribution in [1.29, 1.82) is 0 Å². The Labute approximate surface area is 161 Å². The predicted octanol–water partition coefficient (Wildman–Crippen LogP) is 4.38. The molecule has 0 radical (unpaired) electrons. The second-order valence-electron chi connectivity index (χ2n) is 6.96. The van der Waals surface area contributed by atoms with Crippen molar-refractivity contribution < 1.29 is 9.53 Å². The van der Waals surface area contributed by atoms with Gasteiger partial charge >= 0.3 is 0 Å². The van der Waals surface area contributed by atoms with Gasteiger partial charge in [-0.15, -0.1) is 0 Å². The summed E-state index contributed by atoms with van der Waals surface area (Å²) in [6.45, 7) is 0. The number of para-hydroxylation sites is 1. The van der Waals surface area contributed by atoms with Crippen LogP contribution in [0.5, 0.6) is 11.5 Å². The van der Waals surface area contributed by atoms with Crippen molar-refractivity contribution >= 4 is 22.4 Å². The van der Waals surface area contributed by atoms with Gasteiger partial charge in [0.25, 0.3) is 0 Å². The minimum Gasteiger partial charge on any atom is -0.457 e. The number of rotatable bonds is 4. The Hall–Kier alpha value is -3.67. The van der Waals surface area contributed by atoms with Gasteiger partial charge in [0, 0.05) is 18.4 Å². The molecule has 0 amide bonds. The third-order valence-electron chi connectivity index (χ3n) is 5.03. The van der Waals surface area contributed by atoms with Gasteiger partial charge in [0.15, 0.2) is 0 Å². The van der Waals surface area contributed by atoms with E-state index in [1.807, 2.05) is 59.3 Å². The smallest absolute Gasteiger partial charge is 0.137 e. The molecular formula is C22H18N4O2. The lowest BCUT2D eigenvalue weighted by molar-refractivity contribution is -0.126. The fourth-order valence-electron chi connectivity index (χ4n) is 3.53. The lowest BCUT2D eigenvalue weighted by Crippen LogP contribution is -2.27. The highest BCUT2D eigenvalue weighted by molar-refractivity contribution is 6.01. The molecule has 2 aromatic carbocycles. The van der Waals surface area contributed by atoms with Crippen LogP contribution in [0, 0.1) is 0 Å². The van der Waals surface area contributed by atoms with Gasteiger partial charge in [-0.1, -0.05) is 18.2 Å². The third kappa shape index (κ3) is 2.79. The van der Waals surface area contributed by atoms with E-state index in [2.05, 4.69) is 4.98 Å². The van der Waals surface area contributed by atoms with Crippen LogP contribution in [0.4, 0.5) is 5.69 Å². The van der Waals surface area contributed by atoms with E-state index in [9.17, 15) is 4.79 Å². The number of nitrogens with zero attached hydrogens (tertiary/aromatic N) is 3. The molecule has 4 aromatic rings. The number of nitrogens with two attached hydrogens (primary N) is 1. The summed E-state index contributed by atoms with van der Waals surface area (Å²) in [5, 5.41) is 5.66. The van der Waals surface area contributed by atoms with Crippen molar-refractivity contribution in [2.24, 2.45) is 0 Å². The number of fused-ring (bicyclic) bond motifs is 1. The number of benzene rings is 2. The molecule has 28 heavy (non-hydrogen) atoms. The normalized spacial score (nSPS) is 14.2. The summed E-state index contributed by atoms with van der Waals surface area (Å²) in [5.74, 6) is 1.79. The molecule has 138 valence electrons. The minimum absolute atomic E-state index is 0.0769. The van der Waals surface area contributed by atoms with Crippen molar-refractivity contribution in [2.75, 3.05) is 5.73 Å². The maximum atomic E-state index is 11.5. The standard InChI is InChI=1S/C22H18N4O2/c23-19-12-24-13-20-21(19)22(25-26(20)15-10-16(27)11-15)14-6-8-18(9-7-14)28-17-4-2-1-3-5-17/h1-9,12-13,15H,10-11,23H2. The second kappa shape index (κ2) is 6.49. The van der Waals surface area contributed by atoms with Gasteiger partial charge in [-0.3, -0.25) is 14.5 Å². The first-order valence-corrected chi connectivity index (χ1v) is 9.16. The Morgan fingerprint density at radius 3 is 2.39 bits per heavy atom. The number of hydrogen-bond acceptors (Lipinski definition) is 5. The van der Waals surface area contributed by atoms with E-state index in [1.54, 1.807) is 12.4 Å². The molecule has 2 aromatic heterocycles. The Morgan fingerprint density at radius 1 is 0.964 bits per heavy atom. The molecular weight excluding hydrogens is 352 g/mol. The van der Waals surface area contributed by atoms with Gasteiger partial charge in [0.2, 0.25) is 0 Å². The highest BCUT2D eigenvalue weighted by Crippen LogP contribution is 2.37. The summed E-state index contributed by atoms with van der Waals surface area (Å²) in [7, 11) is 0. The molecule has 0 atom stereocenters. The number of carbonyl (C=O) groups is 1. The van der Waals surface area contributed by atoms with Gasteiger partial charge in [-0.25, -0.2) is 0 Å². The summed E-state index contributed by atoms with van der Waals surface area (Å²) in [6, 6.07) is 17.5. The fourth-order valence-corrected chi connectivity index (χ4v) is 3.53. The van der Waals surface area contributed by atoms with E-state index in [0.29, 0.717) is 18.5 Å². The zero-order chi connectivity index (χ0) is 19.1. The van der Waals surface area contributed by atoms with Gasteiger partial charge < -0.3 is 10.5 Å². The quantitative estimate of drug-likeness (QED) is 0.576. The van der Waals surface area contributed by atoms with Crippen molar-refractivity contribution in [3.05, 3.63) is 67.0 Å². The molecule has 0 saturated heterocycles. The number of Topliss-reactive ketones (excluding diaryl/α,β-unsaturated/α-hetero) is 1. The van der Waals surface area contributed by atoms with E-state index in [1.165, 1.54) is 0 Å². The average Bonchev–Trinajstić information content (AvgIpc) is 3.07. The van der Waals surface area contributed by atoms with E-state index in [-0.39, 0.29) is 11.8 Å². The van der Waals surface area contributed by atoms with Crippen LogP contribution < -0.4 is 10.5 Å². The van der Waals surface area contributed by atoms with Crippen molar-refractivity contribution in [1.82, 2.24) is 14.8 Å². The zero-order valence-electron chi connectivity index (χ0n) is 15.1. The first-order valence-electron chi connectivity index (χ1n) is 9.16. The maximum Gasteiger partial charge on any atom is 0.137 e. The highest BCUT2D eigenvalue weighted by atomic mass is 16.5. The maximum absolute atomic E-state index is 11.5. The Balaban J connectivity index is 1.53. The first-order chi connectivity index (χ1) is 13.7. The molecule has 2 heterocycles. The molecule has 0 spiro atoms. The highest BCUT2D eigenvalue weighted by Gasteiger charge is 2.31. The Kier molecular flexibility index (Phi) is 3.83. The van der Waals surface area contributed by atoms with Crippen molar-refractivity contribution in [2.45, 2.75) is 18.9 Å². The zero-order valence-corrected chi connectivity index (χ0v) is 15.1. The largest absolute Gasteiger partial charge is 0.457 e. The number of carbonyl (C=O) groups excluding carboxylic acids is 1. The second-order valence-corrected chi connectivity index (χ2v) is 6.96. The topological polar surface area (TPSA) is 83.0 Å². The molecule has 1 aliphatic rings. The van der Waals surface area contributed by atoms with E-state index in [0.717, 1.165) is 33.7 Å². The number of nitrogen functional groups attached to an aromatic ring is 1. The third-order valence-corrected chi connectivity index (χ3v) is 5.03. The number of ketones is 1. The SMILES string of the molecule is Nc1cncc2c1c(-c1ccc(Oc3ccccc3)cc1)nn2C1CC(=O)C1. The number of ether oxygens (including phenoxy) is 1. The summed E-state index contributed by atoms with van der Waals surface area (Å²) in [4.78, 5) is 15.7. The van der Waals surface area contributed by atoms with E-state index in [4.69, 9.17) is 15.6 Å². The average molecular weight is 370 g/mol. The summed E-state index contributed by atoms with van der Waals surface area (Å²) in [5.41, 5.74) is 9.39. The van der Waals surface area contributed by atoms with E-state index < -0.39 is 0 Å². The summed E-state index contributed by atoms with van der Waals surface area (Å²) in [6.07, 6.45) is 4.41. The van der Waals surface area contributed by atoms with Gasteiger partial charge in [-0.05, 0) is 36.4 Å². The molecule has 6 heteroatoms. The molecule has 5 rings (SSSR count). The number of pyridine rings is 1. The fraction of sp³-hybridized carbons (Fsp3) is 0.136. The molecule has 6 nitrogen and oxygen atoms in total. The lowest BCUT2D eigenvalue weighted by atomic mass is 9.91. The number of anilines is 1. The van der Waals surface area contributed by atoms with Crippen LogP contribution in [0.2, 0.25) is 0 Å². The van der Waals surface area contributed by atoms with Crippen LogP contribution in [0.25, 0.3) is 22.2 Å². The molecule has 0 unspecified atom stereocenters. The summed E-state index contributed by atoms with van der Waals surface area (Å²) >= 11 is 0.